The molecule has 0 radical (unpaired) electrons. The highest BCUT2D eigenvalue weighted by molar-refractivity contribution is 5.62. The number of likely N-dealkylation sites (tertiary alicyclic amines) is 1. The van der Waals surface area contributed by atoms with E-state index in [0.29, 0.717) is 19.4 Å². The van der Waals surface area contributed by atoms with Crippen molar-refractivity contribution in [1.29, 1.82) is 0 Å². The van der Waals surface area contributed by atoms with Crippen LogP contribution >= 0.6 is 0 Å². The fourth-order valence-corrected chi connectivity index (χ4v) is 5.51. The third-order valence-corrected chi connectivity index (χ3v) is 6.47. The van der Waals surface area contributed by atoms with Gasteiger partial charge in [0.1, 0.15) is 12.2 Å². The molecule has 0 unspecified atom stereocenters. The molecule has 25 heavy (non-hydrogen) atoms. The van der Waals surface area contributed by atoms with Gasteiger partial charge in [-0.15, -0.1) is 0 Å². The second-order valence-corrected chi connectivity index (χ2v) is 7.31. The van der Waals surface area contributed by atoms with Crippen molar-refractivity contribution in [1.82, 2.24) is 4.90 Å². The lowest BCUT2D eigenvalue weighted by Crippen LogP contribution is -2.65. The summed E-state index contributed by atoms with van der Waals surface area (Å²) in [4.78, 5) is 2.26. The number of nitrogens with zero attached hydrogens (tertiary/aromatic N) is 1. The zero-order valence-corrected chi connectivity index (χ0v) is 13.9. The summed E-state index contributed by atoms with van der Waals surface area (Å²) in [5, 5.41) is 0. The molecule has 4 nitrogen and oxygen atoms in total. The molecular weight excluding hydrogens is 314 g/mol. The molecule has 2 aliphatic carbocycles. The number of ether oxygens (including phenoxy) is 3. The summed E-state index contributed by atoms with van der Waals surface area (Å²) < 4.78 is 94.4. The first-order valence-corrected chi connectivity index (χ1v) is 8.58. The largest absolute Gasteiger partial charge is 0.490 e. The highest BCUT2D eigenvalue weighted by Gasteiger charge is 2.64. The molecule has 0 amide bonds. The van der Waals surface area contributed by atoms with Crippen molar-refractivity contribution >= 4 is 0 Å². The van der Waals surface area contributed by atoms with E-state index in [1.54, 1.807) is 12.1 Å². The summed E-state index contributed by atoms with van der Waals surface area (Å²) in [6, 6.07) is 3.44. The first-order valence-electron chi connectivity index (χ1n) is 13.6. The summed E-state index contributed by atoms with van der Waals surface area (Å²) in [5.74, 6) is 0.135. The molecule has 134 valence electrons. The van der Waals surface area contributed by atoms with Crippen molar-refractivity contribution in [2.24, 2.45) is 5.92 Å². The predicted octanol–water partition coefficient (Wildman–Crippen LogP) is 2.94. The molecule has 2 bridgehead atoms. The number of rotatable bonds is 4. The maximum atomic E-state index is 8.02. The summed E-state index contributed by atoms with van der Waals surface area (Å²) >= 11 is 0. The molecule has 1 fully saturated rings. The lowest BCUT2D eigenvalue weighted by molar-refractivity contribution is -0.0682. The molecule has 0 N–H and O–H groups in total. The van der Waals surface area contributed by atoms with E-state index in [1.165, 1.54) is 6.07 Å². The molecule has 2 heterocycles. The van der Waals surface area contributed by atoms with E-state index in [-0.39, 0.29) is 23.5 Å². The van der Waals surface area contributed by atoms with Crippen molar-refractivity contribution in [2.75, 3.05) is 26.7 Å². The van der Waals surface area contributed by atoms with Gasteiger partial charge in [0.25, 0.3) is 0 Å². The Hall–Kier alpha value is -1.52. The molecule has 1 aromatic carbocycles. The van der Waals surface area contributed by atoms with Crippen LogP contribution < -0.4 is 9.47 Å². The van der Waals surface area contributed by atoms with Crippen LogP contribution in [0.5, 0.6) is 11.5 Å². The van der Waals surface area contributed by atoms with Gasteiger partial charge in [0.15, 0.2) is 11.5 Å². The quantitative estimate of drug-likeness (QED) is 0.781. The number of hydrogen-bond acceptors (Lipinski definition) is 4. The molecule has 4 aliphatic rings. The van der Waals surface area contributed by atoms with Crippen LogP contribution in [0.15, 0.2) is 24.3 Å². The second kappa shape index (κ2) is 5.49. The highest BCUT2D eigenvalue weighted by Crippen LogP contribution is 2.62. The van der Waals surface area contributed by atoms with E-state index in [2.05, 4.69) is 4.90 Å². The van der Waals surface area contributed by atoms with Gasteiger partial charge in [0.05, 0.1) is 12.0 Å². The smallest absolute Gasteiger partial charge is 0.165 e. The van der Waals surface area contributed by atoms with Crippen LogP contribution in [0, 0.1) is 5.92 Å². The fourth-order valence-electron chi connectivity index (χ4n) is 5.51. The molecule has 1 spiro atoms. The Morgan fingerprint density at radius 2 is 2.28 bits per heavy atom. The van der Waals surface area contributed by atoms with Gasteiger partial charge in [-0.1, -0.05) is 18.2 Å². The van der Waals surface area contributed by atoms with Gasteiger partial charge in [-0.2, -0.15) is 0 Å². The van der Waals surface area contributed by atoms with E-state index in [1.807, 2.05) is 13.1 Å². The molecule has 1 saturated heterocycles. The molecule has 2 aliphatic heterocycles. The maximum Gasteiger partial charge on any atom is 0.165 e. The van der Waals surface area contributed by atoms with Crippen molar-refractivity contribution in [3.05, 3.63) is 35.4 Å². The molecule has 0 aromatic heterocycles. The molecule has 5 rings (SSSR count). The zero-order valence-electron chi connectivity index (χ0n) is 23.9. The summed E-state index contributed by atoms with van der Waals surface area (Å²) in [6.45, 7) is -11.2. The Labute approximate surface area is 163 Å². The Bertz CT molecular complexity index is 1070. The van der Waals surface area contributed by atoms with Crippen LogP contribution in [0.3, 0.4) is 0 Å². The van der Waals surface area contributed by atoms with Crippen LogP contribution in [-0.2, 0) is 16.6 Å². The highest BCUT2D eigenvalue weighted by atomic mass is 16.6. The first-order chi connectivity index (χ1) is 16.0. The van der Waals surface area contributed by atoms with Crippen LogP contribution in [0.2, 0.25) is 0 Å². The third-order valence-electron chi connectivity index (χ3n) is 6.47. The monoisotopic (exact) mass is 351 g/mol. The van der Waals surface area contributed by atoms with E-state index >= 15 is 0 Å². The Morgan fingerprint density at radius 3 is 3.16 bits per heavy atom. The van der Waals surface area contributed by atoms with Crippen LogP contribution in [0.4, 0.5) is 0 Å². The van der Waals surface area contributed by atoms with Gasteiger partial charge in [-0.05, 0) is 51.8 Å². The minimum absolute atomic E-state index is 0.0342. The second-order valence-electron chi connectivity index (χ2n) is 7.31. The molecule has 5 atom stereocenters. The summed E-state index contributed by atoms with van der Waals surface area (Å²) in [6.07, 6.45) is 3.10. The van der Waals surface area contributed by atoms with Crippen LogP contribution in [0.1, 0.15) is 45.0 Å². The van der Waals surface area contributed by atoms with E-state index in [4.69, 9.17) is 27.9 Å². The van der Waals surface area contributed by atoms with Crippen molar-refractivity contribution in [3.63, 3.8) is 0 Å². The summed E-state index contributed by atoms with van der Waals surface area (Å²) in [7, 11) is 2.04. The van der Waals surface area contributed by atoms with Crippen molar-refractivity contribution in [3.8, 4) is 11.5 Å². The van der Waals surface area contributed by atoms with Gasteiger partial charge >= 0.3 is 0 Å². The SMILES string of the molecule is [2H]C([2H])([2H])C([2H])([2H])Oc1ccc2c3c1O[C@H]1[C@@H](OC([2H])([2H])C([2H])([2H])[2H])C=C[C@H]4[C@H](C2)N(C)CC[C@@]341. The number of benzene rings is 1. The van der Waals surface area contributed by atoms with Gasteiger partial charge in [-0.3, -0.25) is 0 Å². The number of likely N-dealkylation sites (N-methyl/N-ethyl adjacent to an activating group) is 1. The maximum absolute atomic E-state index is 8.02. The van der Waals surface area contributed by atoms with Gasteiger partial charge in [0, 0.05) is 37.7 Å². The van der Waals surface area contributed by atoms with Gasteiger partial charge < -0.3 is 19.1 Å². The topological polar surface area (TPSA) is 30.9 Å². The number of hydrogen-bond donors (Lipinski definition) is 0. The average molecular weight is 352 g/mol. The van der Waals surface area contributed by atoms with Crippen LogP contribution in [-0.4, -0.2) is 49.9 Å². The third kappa shape index (κ3) is 1.90. The molecule has 0 saturated carbocycles. The first kappa shape index (κ1) is 8.45. The molecular formula is C21H27NO3. The molecule has 1 aromatic rings. The van der Waals surface area contributed by atoms with E-state index in [9.17, 15) is 0 Å². The normalized spacial score (nSPS) is 45.6. The minimum Gasteiger partial charge on any atom is -0.490 e. The minimum atomic E-state index is -3.04. The number of piperidine rings is 1. The summed E-state index contributed by atoms with van der Waals surface area (Å²) in [5.41, 5.74) is 1.09. The van der Waals surface area contributed by atoms with Crippen molar-refractivity contribution < 1.29 is 27.9 Å². The predicted molar refractivity (Wildman–Crippen MR) is 96.5 cm³/mol. The standard InChI is InChI=1S/C21H27NO3/c1-4-23-16-8-6-13-12-15-14-7-9-17(24-5-2)20-21(14,10-11-22(15)3)18(13)19(16)25-20/h6-9,14-15,17,20H,4-5,10-12H2,1-3H3/t14-,15-,17-,20-,21-/m0/s1/i1D3,2D3,4D2,5D2. The van der Waals surface area contributed by atoms with Crippen molar-refractivity contribution in [2.45, 2.75) is 50.2 Å². The van der Waals surface area contributed by atoms with Gasteiger partial charge in [0.2, 0.25) is 0 Å². The van der Waals surface area contributed by atoms with Crippen LogP contribution in [0.25, 0.3) is 0 Å². The molecule has 4 heteroatoms. The van der Waals surface area contributed by atoms with Gasteiger partial charge in [-0.25, -0.2) is 0 Å². The fraction of sp³-hybridized carbons (Fsp3) is 0.619. The zero-order chi connectivity index (χ0) is 25.8. The van der Waals surface area contributed by atoms with E-state index in [0.717, 1.165) is 11.1 Å². The van der Waals surface area contributed by atoms with E-state index < -0.39 is 44.4 Å². The lowest BCUT2D eigenvalue weighted by Gasteiger charge is -2.56. The Morgan fingerprint density at radius 1 is 1.36 bits per heavy atom. The Balaban J connectivity index is 1.63. The lowest BCUT2D eigenvalue weighted by atomic mass is 9.53. The Kier molecular flexibility index (Phi) is 1.85. The average Bonchev–Trinajstić information content (AvgIpc) is 3.06.